The Balaban J connectivity index is 3.54. The minimum atomic E-state index is 0.507. The van der Waals surface area contributed by atoms with Crippen LogP contribution in [0.5, 0.6) is 0 Å². The van der Waals surface area contributed by atoms with E-state index < -0.39 is 0 Å². The summed E-state index contributed by atoms with van der Waals surface area (Å²) in [7, 11) is 0. The van der Waals surface area contributed by atoms with Gasteiger partial charge >= 0.3 is 0 Å². The lowest BCUT2D eigenvalue weighted by atomic mass is 10.1. The van der Waals surface area contributed by atoms with Gasteiger partial charge in [0.15, 0.2) is 0 Å². The molecule has 0 aliphatic rings. The third-order valence-corrected chi connectivity index (χ3v) is 2.52. The first-order valence-electron chi connectivity index (χ1n) is 6.39. The minimum Gasteiger partial charge on any atom is -0.330 e. The maximum absolute atomic E-state index is 5.52. The Morgan fingerprint density at radius 2 is 1.44 bits per heavy atom. The van der Waals surface area contributed by atoms with Gasteiger partial charge in [-0.25, -0.2) is 0 Å². The highest BCUT2D eigenvalue weighted by Gasteiger charge is 2.06. The van der Waals surface area contributed by atoms with Gasteiger partial charge in [-0.3, -0.25) is 0 Å². The van der Waals surface area contributed by atoms with Gasteiger partial charge < -0.3 is 27.8 Å². The van der Waals surface area contributed by atoms with Crippen LogP contribution >= 0.6 is 0 Å². The van der Waals surface area contributed by atoms with E-state index in [1.54, 1.807) is 0 Å². The average molecular weight is 231 g/mol. The van der Waals surface area contributed by atoms with E-state index in [4.69, 9.17) is 17.2 Å². The third kappa shape index (κ3) is 10.3. The summed E-state index contributed by atoms with van der Waals surface area (Å²) in [5, 5.41) is 6.91. The van der Waals surface area contributed by atoms with Crippen molar-refractivity contribution in [1.82, 2.24) is 10.6 Å². The van der Waals surface area contributed by atoms with Crippen LogP contribution < -0.4 is 27.8 Å². The highest BCUT2D eigenvalue weighted by molar-refractivity contribution is 4.70. The summed E-state index contributed by atoms with van der Waals surface area (Å²) in [6.07, 6.45) is 4.25. The quantitative estimate of drug-likeness (QED) is 0.276. The fourth-order valence-corrected chi connectivity index (χ4v) is 1.55. The molecule has 0 amide bonds. The predicted octanol–water partition coefficient (Wildman–Crippen LogP) is -1.03. The predicted molar refractivity (Wildman–Crippen MR) is 70.3 cm³/mol. The van der Waals surface area contributed by atoms with Crippen molar-refractivity contribution >= 4 is 0 Å². The average Bonchev–Trinajstić information content (AvgIpc) is 2.31. The fraction of sp³-hybridized carbons (Fsp3) is 1.00. The third-order valence-electron chi connectivity index (χ3n) is 2.52. The van der Waals surface area contributed by atoms with Crippen LogP contribution in [-0.2, 0) is 0 Å². The van der Waals surface area contributed by atoms with Gasteiger partial charge in [-0.05, 0) is 58.4 Å². The van der Waals surface area contributed by atoms with Crippen molar-refractivity contribution in [2.75, 3.05) is 39.3 Å². The number of nitrogens with two attached hydrogens (primary N) is 3. The van der Waals surface area contributed by atoms with Crippen LogP contribution in [0, 0.1) is 0 Å². The molecule has 5 nitrogen and oxygen atoms in total. The summed E-state index contributed by atoms with van der Waals surface area (Å²) in [4.78, 5) is 0. The molecule has 0 saturated heterocycles. The number of nitrogens with one attached hydrogen (secondary N) is 2. The maximum Gasteiger partial charge on any atom is 0.0192 e. The van der Waals surface area contributed by atoms with Crippen LogP contribution in [0.15, 0.2) is 0 Å². The molecule has 0 bridgehead atoms. The van der Waals surface area contributed by atoms with Gasteiger partial charge in [-0.1, -0.05) is 0 Å². The Bertz CT molecular complexity index is 132. The van der Waals surface area contributed by atoms with Crippen molar-refractivity contribution < 1.29 is 0 Å². The van der Waals surface area contributed by atoms with E-state index in [1.165, 1.54) is 0 Å². The second-order valence-electron chi connectivity index (χ2n) is 4.07. The molecule has 98 valence electrons. The molecular formula is C11H29N5. The zero-order chi connectivity index (χ0) is 12.1. The molecule has 0 radical (unpaired) electrons. The fourth-order valence-electron chi connectivity index (χ4n) is 1.55. The molecule has 0 saturated carbocycles. The molecule has 0 aliphatic carbocycles. The Hall–Kier alpha value is -0.200. The number of rotatable bonds is 12. The van der Waals surface area contributed by atoms with Gasteiger partial charge in [-0.15, -0.1) is 0 Å². The molecule has 5 heteroatoms. The van der Waals surface area contributed by atoms with E-state index in [2.05, 4.69) is 10.6 Å². The van der Waals surface area contributed by atoms with Crippen molar-refractivity contribution in [3.8, 4) is 0 Å². The molecule has 0 rings (SSSR count). The summed E-state index contributed by atoms with van der Waals surface area (Å²) < 4.78 is 0. The lowest BCUT2D eigenvalue weighted by molar-refractivity contribution is 0.437. The molecule has 0 aromatic rings. The van der Waals surface area contributed by atoms with Gasteiger partial charge in [-0.2, -0.15) is 0 Å². The molecule has 0 spiro atoms. The first kappa shape index (κ1) is 15.8. The molecule has 0 heterocycles. The largest absolute Gasteiger partial charge is 0.330 e. The van der Waals surface area contributed by atoms with E-state index in [0.717, 1.165) is 65.0 Å². The van der Waals surface area contributed by atoms with Crippen LogP contribution in [0.3, 0.4) is 0 Å². The smallest absolute Gasteiger partial charge is 0.0192 e. The number of hydrogen-bond donors (Lipinski definition) is 5. The topological polar surface area (TPSA) is 102 Å². The van der Waals surface area contributed by atoms with E-state index in [0.29, 0.717) is 6.04 Å². The molecule has 16 heavy (non-hydrogen) atoms. The normalized spacial score (nSPS) is 12.9. The van der Waals surface area contributed by atoms with Crippen molar-refractivity contribution in [1.29, 1.82) is 0 Å². The molecule has 0 aliphatic heterocycles. The Morgan fingerprint density at radius 3 is 2.06 bits per heavy atom. The van der Waals surface area contributed by atoms with Gasteiger partial charge in [0.25, 0.3) is 0 Å². The van der Waals surface area contributed by atoms with E-state index in [1.807, 2.05) is 0 Å². The lowest BCUT2D eigenvalue weighted by Gasteiger charge is -2.19. The zero-order valence-corrected chi connectivity index (χ0v) is 10.4. The molecular weight excluding hydrogens is 202 g/mol. The van der Waals surface area contributed by atoms with Gasteiger partial charge in [0.1, 0.15) is 0 Å². The monoisotopic (exact) mass is 231 g/mol. The SMILES string of the molecule is NCCCNCC(CCCN)NCCCN. The zero-order valence-electron chi connectivity index (χ0n) is 10.4. The molecule has 1 atom stereocenters. The first-order chi connectivity index (χ1) is 7.85. The first-order valence-corrected chi connectivity index (χ1v) is 6.39. The minimum absolute atomic E-state index is 0.507. The summed E-state index contributed by atoms with van der Waals surface area (Å²) in [6.45, 7) is 5.24. The molecule has 0 aromatic carbocycles. The summed E-state index contributed by atoms with van der Waals surface area (Å²) in [6, 6.07) is 0.507. The lowest BCUT2D eigenvalue weighted by Crippen LogP contribution is -2.40. The molecule has 8 N–H and O–H groups in total. The highest BCUT2D eigenvalue weighted by atomic mass is 15.0. The maximum atomic E-state index is 5.52. The van der Waals surface area contributed by atoms with Crippen LogP contribution in [-0.4, -0.2) is 45.3 Å². The summed E-state index contributed by atoms with van der Waals surface area (Å²) in [5.41, 5.74) is 16.4. The highest BCUT2D eigenvalue weighted by Crippen LogP contribution is 1.95. The second kappa shape index (κ2) is 12.9. The van der Waals surface area contributed by atoms with Crippen LogP contribution in [0.4, 0.5) is 0 Å². The number of hydrogen-bond acceptors (Lipinski definition) is 5. The second-order valence-corrected chi connectivity index (χ2v) is 4.07. The summed E-state index contributed by atoms with van der Waals surface area (Å²) >= 11 is 0. The van der Waals surface area contributed by atoms with Crippen molar-refractivity contribution in [2.24, 2.45) is 17.2 Å². The Kier molecular flexibility index (Phi) is 12.7. The van der Waals surface area contributed by atoms with Crippen LogP contribution in [0.2, 0.25) is 0 Å². The van der Waals surface area contributed by atoms with Crippen molar-refractivity contribution in [3.05, 3.63) is 0 Å². The Labute approximate surface area is 99.5 Å². The standard InChI is InChI=1S/C11H29N5/c12-5-1-4-11(16-9-3-7-14)10-15-8-2-6-13/h11,15-16H,1-10,12-14H2. The van der Waals surface area contributed by atoms with Gasteiger partial charge in [0.05, 0.1) is 0 Å². The van der Waals surface area contributed by atoms with Gasteiger partial charge in [0.2, 0.25) is 0 Å². The van der Waals surface area contributed by atoms with Crippen molar-refractivity contribution in [3.63, 3.8) is 0 Å². The van der Waals surface area contributed by atoms with Gasteiger partial charge in [0, 0.05) is 12.6 Å². The van der Waals surface area contributed by atoms with E-state index >= 15 is 0 Å². The molecule has 0 fully saturated rings. The van der Waals surface area contributed by atoms with Crippen molar-refractivity contribution in [2.45, 2.75) is 31.7 Å². The molecule has 0 aromatic heterocycles. The van der Waals surface area contributed by atoms with Crippen LogP contribution in [0.1, 0.15) is 25.7 Å². The Morgan fingerprint density at radius 1 is 0.812 bits per heavy atom. The van der Waals surface area contributed by atoms with E-state index in [9.17, 15) is 0 Å². The van der Waals surface area contributed by atoms with E-state index in [-0.39, 0.29) is 0 Å². The summed E-state index contributed by atoms with van der Waals surface area (Å²) in [5.74, 6) is 0. The molecule has 1 unspecified atom stereocenters. The van der Waals surface area contributed by atoms with Crippen LogP contribution in [0.25, 0.3) is 0 Å².